The van der Waals surface area contributed by atoms with E-state index in [1.165, 1.54) is 0 Å². The van der Waals surface area contributed by atoms with E-state index >= 15 is 0 Å². The molecule has 0 bridgehead atoms. The Hall–Kier alpha value is -2.33. The van der Waals surface area contributed by atoms with Crippen molar-refractivity contribution in [3.63, 3.8) is 0 Å². The number of carbonyl (C=O) groups excluding carboxylic acids is 1. The van der Waals surface area contributed by atoms with Gasteiger partial charge in [-0.05, 0) is 31.0 Å². The van der Waals surface area contributed by atoms with Crippen LogP contribution in [-0.4, -0.2) is 19.1 Å². The Morgan fingerprint density at radius 2 is 1.82 bits per heavy atom. The highest BCUT2D eigenvalue weighted by atomic mass is 16.5. The predicted octanol–water partition coefficient (Wildman–Crippen LogP) is 3.17. The maximum atomic E-state index is 12.0. The zero-order chi connectivity index (χ0) is 15.8. The van der Waals surface area contributed by atoms with Crippen LogP contribution in [-0.2, 0) is 4.74 Å². The fraction of sp³-hybridized carbons (Fsp3) is 0.278. The first-order valence-corrected chi connectivity index (χ1v) is 7.47. The van der Waals surface area contributed by atoms with Gasteiger partial charge in [0.2, 0.25) is 0 Å². The highest BCUT2D eigenvalue weighted by Crippen LogP contribution is 2.15. The van der Waals surface area contributed by atoms with E-state index in [0.29, 0.717) is 24.4 Å². The van der Waals surface area contributed by atoms with Crippen LogP contribution in [0.4, 0.5) is 5.69 Å². The first-order chi connectivity index (χ1) is 10.7. The van der Waals surface area contributed by atoms with Gasteiger partial charge in [-0.1, -0.05) is 42.5 Å². The van der Waals surface area contributed by atoms with Gasteiger partial charge < -0.3 is 15.8 Å². The van der Waals surface area contributed by atoms with E-state index < -0.39 is 0 Å². The molecule has 2 aromatic carbocycles. The van der Waals surface area contributed by atoms with Gasteiger partial charge in [0, 0.05) is 18.8 Å². The van der Waals surface area contributed by atoms with Crippen LogP contribution in [0.25, 0.3) is 0 Å². The minimum Gasteiger partial charge on any atom is -0.398 e. The van der Waals surface area contributed by atoms with Crippen molar-refractivity contribution in [2.45, 2.75) is 19.4 Å². The number of amides is 1. The molecule has 0 aromatic heterocycles. The molecule has 0 aliphatic rings. The molecule has 0 aliphatic heterocycles. The zero-order valence-corrected chi connectivity index (χ0v) is 12.8. The molecule has 1 unspecified atom stereocenters. The number of carbonyl (C=O) groups is 1. The number of rotatable bonds is 7. The molecule has 2 rings (SSSR count). The van der Waals surface area contributed by atoms with E-state index in [-0.39, 0.29) is 12.0 Å². The van der Waals surface area contributed by atoms with Crippen LogP contribution in [0.5, 0.6) is 0 Å². The Bertz CT molecular complexity index is 599. The topological polar surface area (TPSA) is 64.3 Å². The molecule has 3 N–H and O–H groups in total. The lowest BCUT2D eigenvalue weighted by atomic mass is 10.1. The van der Waals surface area contributed by atoms with Crippen LogP contribution >= 0.6 is 0 Å². The number of nitrogens with one attached hydrogen (secondary N) is 1. The third-order valence-corrected chi connectivity index (χ3v) is 3.45. The summed E-state index contributed by atoms with van der Waals surface area (Å²) >= 11 is 0. The lowest BCUT2D eigenvalue weighted by Crippen LogP contribution is -2.26. The van der Waals surface area contributed by atoms with Gasteiger partial charge in [0.25, 0.3) is 5.91 Å². The first-order valence-electron chi connectivity index (χ1n) is 7.47. The van der Waals surface area contributed by atoms with Crippen LogP contribution in [0.3, 0.4) is 0 Å². The highest BCUT2D eigenvalue weighted by molar-refractivity contribution is 5.98. The molecule has 0 heterocycles. The van der Waals surface area contributed by atoms with Crippen molar-refractivity contribution < 1.29 is 9.53 Å². The average Bonchev–Trinajstić information content (AvgIpc) is 2.55. The van der Waals surface area contributed by atoms with E-state index in [9.17, 15) is 4.79 Å². The second-order valence-corrected chi connectivity index (χ2v) is 5.12. The molecule has 0 fully saturated rings. The van der Waals surface area contributed by atoms with Crippen molar-refractivity contribution in [2.75, 3.05) is 18.9 Å². The molecule has 116 valence electrons. The summed E-state index contributed by atoms with van der Waals surface area (Å²) in [7, 11) is 0. The maximum absolute atomic E-state index is 12.0. The van der Waals surface area contributed by atoms with Gasteiger partial charge in [0.1, 0.15) is 0 Å². The minimum absolute atomic E-state index is 0.0571. The SMILES string of the molecule is CC(OCCCNC(=O)c1ccccc1N)c1ccccc1. The number of ether oxygens (including phenoxy) is 1. The van der Waals surface area contributed by atoms with Gasteiger partial charge in [-0.3, -0.25) is 4.79 Å². The molecule has 0 radical (unpaired) electrons. The summed E-state index contributed by atoms with van der Waals surface area (Å²) in [5.74, 6) is -0.144. The van der Waals surface area contributed by atoms with Gasteiger partial charge in [0.15, 0.2) is 0 Å². The van der Waals surface area contributed by atoms with Crippen molar-refractivity contribution in [1.82, 2.24) is 5.32 Å². The molecule has 0 spiro atoms. The lowest BCUT2D eigenvalue weighted by molar-refractivity contribution is 0.0635. The second-order valence-electron chi connectivity index (χ2n) is 5.12. The van der Waals surface area contributed by atoms with Crippen LogP contribution in [0.1, 0.15) is 35.4 Å². The Labute approximate surface area is 131 Å². The van der Waals surface area contributed by atoms with Crippen molar-refractivity contribution in [1.29, 1.82) is 0 Å². The van der Waals surface area contributed by atoms with Crippen LogP contribution in [0.15, 0.2) is 54.6 Å². The van der Waals surface area contributed by atoms with E-state index in [1.54, 1.807) is 18.2 Å². The van der Waals surface area contributed by atoms with Gasteiger partial charge in [-0.15, -0.1) is 0 Å². The number of benzene rings is 2. The summed E-state index contributed by atoms with van der Waals surface area (Å²) in [4.78, 5) is 12.0. The van der Waals surface area contributed by atoms with E-state index in [1.807, 2.05) is 43.3 Å². The molecule has 0 saturated heterocycles. The molecule has 1 amide bonds. The van der Waals surface area contributed by atoms with Crippen molar-refractivity contribution >= 4 is 11.6 Å². The van der Waals surface area contributed by atoms with E-state index in [0.717, 1.165) is 12.0 Å². The first kappa shape index (κ1) is 16.0. The Balaban J connectivity index is 1.67. The summed E-state index contributed by atoms with van der Waals surface area (Å²) < 4.78 is 5.76. The average molecular weight is 298 g/mol. The third kappa shape index (κ3) is 4.60. The molecule has 4 nitrogen and oxygen atoms in total. The number of para-hydroxylation sites is 1. The molecule has 0 saturated carbocycles. The molecule has 22 heavy (non-hydrogen) atoms. The number of nitrogens with two attached hydrogens (primary N) is 1. The summed E-state index contributed by atoms with van der Waals surface area (Å²) in [5.41, 5.74) is 7.94. The van der Waals surface area contributed by atoms with Crippen LogP contribution in [0.2, 0.25) is 0 Å². The minimum atomic E-state index is -0.144. The number of hydrogen-bond donors (Lipinski definition) is 2. The highest BCUT2D eigenvalue weighted by Gasteiger charge is 2.08. The van der Waals surface area contributed by atoms with Crippen LogP contribution in [0, 0.1) is 0 Å². The Morgan fingerprint density at radius 1 is 1.14 bits per heavy atom. The molecule has 2 aromatic rings. The summed E-state index contributed by atoms with van der Waals surface area (Å²) in [6.07, 6.45) is 0.817. The fourth-order valence-electron chi connectivity index (χ4n) is 2.15. The second kappa shape index (κ2) is 8.20. The number of hydrogen-bond acceptors (Lipinski definition) is 3. The van der Waals surface area contributed by atoms with Gasteiger partial charge >= 0.3 is 0 Å². The molecular weight excluding hydrogens is 276 g/mol. The van der Waals surface area contributed by atoms with Gasteiger partial charge in [-0.25, -0.2) is 0 Å². The van der Waals surface area contributed by atoms with Crippen molar-refractivity contribution in [2.24, 2.45) is 0 Å². The van der Waals surface area contributed by atoms with Crippen molar-refractivity contribution in [3.8, 4) is 0 Å². The van der Waals surface area contributed by atoms with Gasteiger partial charge in [0.05, 0.1) is 11.7 Å². The summed E-state index contributed by atoms with van der Waals surface area (Å²) in [5, 5.41) is 2.85. The summed E-state index contributed by atoms with van der Waals surface area (Å²) in [6.45, 7) is 3.19. The third-order valence-electron chi connectivity index (χ3n) is 3.45. The van der Waals surface area contributed by atoms with Gasteiger partial charge in [-0.2, -0.15) is 0 Å². The predicted molar refractivity (Wildman–Crippen MR) is 88.6 cm³/mol. The Morgan fingerprint density at radius 3 is 2.55 bits per heavy atom. The van der Waals surface area contributed by atoms with Crippen molar-refractivity contribution in [3.05, 3.63) is 65.7 Å². The van der Waals surface area contributed by atoms with E-state index in [2.05, 4.69) is 5.32 Å². The zero-order valence-electron chi connectivity index (χ0n) is 12.8. The van der Waals surface area contributed by atoms with Crippen LogP contribution < -0.4 is 11.1 Å². The number of nitrogen functional groups attached to an aromatic ring is 1. The quantitative estimate of drug-likeness (QED) is 0.609. The summed E-state index contributed by atoms with van der Waals surface area (Å²) in [6, 6.07) is 17.1. The molecule has 1 atom stereocenters. The molecule has 0 aliphatic carbocycles. The normalized spacial score (nSPS) is 11.9. The monoisotopic (exact) mass is 298 g/mol. The fourth-order valence-corrected chi connectivity index (χ4v) is 2.15. The Kier molecular flexibility index (Phi) is 5.98. The smallest absolute Gasteiger partial charge is 0.253 e. The van der Waals surface area contributed by atoms with E-state index in [4.69, 9.17) is 10.5 Å². The maximum Gasteiger partial charge on any atom is 0.253 e. The standard InChI is InChI=1S/C18H22N2O2/c1-14(15-8-3-2-4-9-15)22-13-7-12-20-18(21)16-10-5-6-11-17(16)19/h2-6,8-11,14H,7,12-13,19H2,1H3,(H,20,21). The lowest BCUT2D eigenvalue weighted by Gasteiger charge is -2.13. The molecule has 4 heteroatoms. The largest absolute Gasteiger partial charge is 0.398 e. The number of anilines is 1. The molecular formula is C18H22N2O2.